The van der Waals surface area contributed by atoms with Crippen molar-refractivity contribution in [2.45, 2.75) is 32.7 Å². The SMILES string of the molecule is CCCCn1c(O)c(Cc2cc(OC)c(OC)cc2OC)[nH]c1=O. The van der Waals surface area contributed by atoms with Crippen molar-refractivity contribution >= 4 is 0 Å². The topological polar surface area (TPSA) is 85.7 Å². The highest BCUT2D eigenvalue weighted by Crippen LogP contribution is 2.36. The second kappa shape index (κ2) is 7.81. The fraction of sp³-hybridized carbons (Fsp3) is 0.471. The van der Waals surface area contributed by atoms with Crippen LogP contribution in [0, 0.1) is 0 Å². The first-order chi connectivity index (χ1) is 11.5. The van der Waals surface area contributed by atoms with Crippen LogP contribution in [0.3, 0.4) is 0 Å². The number of aromatic hydroxyl groups is 1. The van der Waals surface area contributed by atoms with Crippen molar-refractivity contribution in [3.63, 3.8) is 0 Å². The number of rotatable bonds is 8. The van der Waals surface area contributed by atoms with Gasteiger partial charge in [-0.15, -0.1) is 0 Å². The molecule has 0 spiro atoms. The maximum Gasteiger partial charge on any atom is 0.328 e. The molecule has 0 atom stereocenters. The van der Waals surface area contributed by atoms with E-state index in [0.717, 1.165) is 18.4 Å². The van der Waals surface area contributed by atoms with Crippen molar-refractivity contribution in [1.29, 1.82) is 0 Å². The highest BCUT2D eigenvalue weighted by Gasteiger charge is 2.17. The van der Waals surface area contributed by atoms with E-state index in [0.29, 0.717) is 35.9 Å². The molecule has 7 heteroatoms. The van der Waals surface area contributed by atoms with Crippen LogP contribution in [0.1, 0.15) is 31.0 Å². The molecule has 0 aliphatic heterocycles. The number of aromatic nitrogens is 2. The standard InChI is InChI=1S/C17H24N2O5/c1-5-6-7-19-16(20)12(18-17(19)21)8-11-9-14(23-3)15(24-4)10-13(11)22-2/h9-10,20H,5-8H2,1-4H3,(H,18,21). The second-order valence-electron chi connectivity index (χ2n) is 5.43. The molecule has 0 radical (unpaired) electrons. The number of benzene rings is 1. The first-order valence-electron chi connectivity index (χ1n) is 7.85. The van der Waals surface area contributed by atoms with Gasteiger partial charge in [-0.05, 0) is 12.5 Å². The van der Waals surface area contributed by atoms with Crippen LogP contribution in [-0.4, -0.2) is 36.0 Å². The number of nitrogens with one attached hydrogen (secondary N) is 1. The van der Waals surface area contributed by atoms with E-state index < -0.39 is 0 Å². The molecule has 0 aliphatic rings. The lowest BCUT2D eigenvalue weighted by Gasteiger charge is -2.13. The minimum Gasteiger partial charge on any atom is -0.496 e. The number of hydrogen-bond acceptors (Lipinski definition) is 5. The molecule has 1 aromatic heterocycles. The molecule has 7 nitrogen and oxygen atoms in total. The predicted octanol–water partition coefficient (Wildman–Crippen LogP) is 2.30. The van der Waals surface area contributed by atoms with Crippen LogP contribution >= 0.6 is 0 Å². The van der Waals surface area contributed by atoms with Crippen molar-refractivity contribution in [2.75, 3.05) is 21.3 Å². The summed E-state index contributed by atoms with van der Waals surface area (Å²) in [6.07, 6.45) is 2.07. The van der Waals surface area contributed by atoms with Gasteiger partial charge in [0.15, 0.2) is 11.5 Å². The lowest BCUT2D eigenvalue weighted by Crippen LogP contribution is -2.16. The summed E-state index contributed by atoms with van der Waals surface area (Å²) in [5.74, 6) is 1.66. The summed E-state index contributed by atoms with van der Waals surface area (Å²) < 4.78 is 17.3. The molecule has 24 heavy (non-hydrogen) atoms. The highest BCUT2D eigenvalue weighted by atomic mass is 16.5. The van der Waals surface area contributed by atoms with Crippen molar-refractivity contribution < 1.29 is 19.3 Å². The molecule has 0 bridgehead atoms. The Bertz CT molecular complexity index is 748. The molecule has 2 aromatic rings. The minimum atomic E-state index is -0.310. The molecule has 1 heterocycles. The third-order valence-corrected chi connectivity index (χ3v) is 3.92. The quantitative estimate of drug-likeness (QED) is 0.772. The number of aromatic amines is 1. The molecule has 2 rings (SSSR count). The van der Waals surface area contributed by atoms with Gasteiger partial charge in [0.25, 0.3) is 0 Å². The van der Waals surface area contributed by atoms with Crippen LogP contribution in [0.4, 0.5) is 0 Å². The summed E-state index contributed by atoms with van der Waals surface area (Å²) in [6, 6.07) is 3.50. The molecule has 0 amide bonds. The smallest absolute Gasteiger partial charge is 0.328 e. The van der Waals surface area contributed by atoms with Crippen molar-refractivity contribution in [1.82, 2.24) is 9.55 Å². The Hall–Kier alpha value is -2.57. The third kappa shape index (κ3) is 3.50. The normalized spacial score (nSPS) is 10.7. The summed E-state index contributed by atoms with van der Waals surface area (Å²) >= 11 is 0. The summed E-state index contributed by atoms with van der Waals surface area (Å²) in [6.45, 7) is 2.52. The zero-order valence-corrected chi connectivity index (χ0v) is 14.5. The molecule has 0 unspecified atom stereocenters. The van der Waals surface area contributed by atoms with E-state index in [4.69, 9.17) is 14.2 Å². The van der Waals surface area contributed by atoms with E-state index in [2.05, 4.69) is 4.98 Å². The summed E-state index contributed by atoms with van der Waals surface area (Å²) in [7, 11) is 4.66. The predicted molar refractivity (Wildman–Crippen MR) is 90.5 cm³/mol. The Morgan fingerprint density at radius 2 is 1.71 bits per heavy atom. The van der Waals surface area contributed by atoms with Gasteiger partial charge in [0, 0.05) is 24.6 Å². The number of ether oxygens (including phenoxy) is 3. The Morgan fingerprint density at radius 1 is 1.08 bits per heavy atom. The number of H-pyrrole nitrogens is 1. The number of methoxy groups -OCH3 is 3. The fourth-order valence-electron chi connectivity index (χ4n) is 2.58. The Morgan fingerprint density at radius 3 is 2.29 bits per heavy atom. The molecule has 0 saturated carbocycles. The van der Waals surface area contributed by atoms with Crippen LogP contribution in [0.5, 0.6) is 23.1 Å². The van der Waals surface area contributed by atoms with Gasteiger partial charge in [-0.1, -0.05) is 13.3 Å². The first-order valence-corrected chi connectivity index (χ1v) is 7.85. The molecule has 0 aliphatic carbocycles. The summed E-state index contributed by atoms with van der Waals surface area (Å²) in [5.41, 5.74) is 0.909. The lowest BCUT2D eigenvalue weighted by molar-refractivity contribution is 0.347. The van der Waals surface area contributed by atoms with Crippen LogP contribution in [0.2, 0.25) is 0 Å². The van der Waals surface area contributed by atoms with Gasteiger partial charge in [-0.2, -0.15) is 0 Å². The molecule has 0 fully saturated rings. The van der Waals surface area contributed by atoms with E-state index in [1.54, 1.807) is 33.5 Å². The Labute approximate surface area is 140 Å². The highest BCUT2D eigenvalue weighted by molar-refractivity contribution is 5.52. The largest absolute Gasteiger partial charge is 0.496 e. The van der Waals surface area contributed by atoms with Crippen LogP contribution in [0.25, 0.3) is 0 Å². The Balaban J connectivity index is 2.39. The van der Waals surface area contributed by atoms with Gasteiger partial charge in [0.1, 0.15) is 5.75 Å². The van der Waals surface area contributed by atoms with Crippen LogP contribution < -0.4 is 19.9 Å². The van der Waals surface area contributed by atoms with Gasteiger partial charge in [0.05, 0.1) is 27.0 Å². The average molecular weight is 336 g/mol. The van der Waals surface area contributed by atoms with Crippen molar-refractivity contribution in [3.05, 3.63) is 33.9 Å². The van der Waals surface area contributed by atoms with E-state index in [-0.39, 0.29) is 11.6 Å². The average Bonchev–Trinajstić information content (AvgIpc) is 2.86. The first kappa shape index (κ1) is 17.8. The molecular formula is C17H24N2O5. The molecule has 2 N–H and O–H groups in total. The number of unbranched alkanes of at least 4 members (excludes halogenated alkanes) is 1. The number of nitrogens with zero attached hydrogens (tertiary/aromatic N) is 1. The van der Waals surface area contributed by atoms with E-state index in [1.165, 1.54) is 4.57 Å². The third-order valence-electron chi connectivity index (χ3n) is 3.92. The van der Waals surface area contributed by atoms with Gasteiger partial charge >= 0.3 is 5.69 Å². The fourth-order valence-corrected chi connectivity index (χ4v) is 2.58. The summed E-state index contributed by atoms with van der Waals surface area (Å²) in [4.78, 5) is 14.7. The second-order valence-corrected chi connectivity index (χ2v) is 5.43. The van der Waals surface area contributed by atoms with Gasteiger partial charge in [-0.25, -0.2) is 4.79 Å². The zero-order valence-electron chi connectivity index (χ0n) is 14.5. The molecule has 1 aromatic carbocycles. The van der Waals surface area contributed by atoms with E-state index in [9.17, 15) is 9.90 Å². The molecular weight excluding hydrogens is 312 g/mol. The van der Waals surface area contributed by atoms with E-state index in [1.807, 2.05) is 6.92 Å². The van der Waals surface area contributed by atoms with Crippen molar-refractivity contribution in [2.24, 2.45) is 0 Å². The van der Waals surface area contributed by atoms with Crippen LogP contribution in [-0.2, 0) is 13.0 Å². The minimum absolute atomic E-state index is 0.0368. The summed E-state index contributed by atoms with van der Waals surface area (Å²) in [5, 5.41) is 10.3. The number of hydrogen-bond donors (Lipinski definition) is 2. The maximum atomic E-state index is 12.0. The van der Waals surface area contributed by atoms with Crippen LogP contribution in [0.15, 0.2) is 16.9 Å². The molecule has 132 valence electrons. The van der Waals surface area contributed by atoms with Gasteiger partial charge < -0.3 is 24.3 Å². The van der Waals surface area contributed by atoms with Gasteiger partial charge in [0.2, 0.25) is 5.88 Å². The van der Waals surface area contributed by atoms with Crippen molar-refractivity contribution in [3.8, 4) is 23.1 Å². The van der Waals surface area contributed by atoms with E-state index >= 15 is 0 Å². The van der Waals surface area contributed by atoms with Gasteiger partial charge in [-0.3, -0.25) is 4.57 Å². The monoisotopic (exact) mass is 336 g/mol. The Kier molecular flexibility index (Phi) is 5.78. The number of imidazole rings is 1. The lowest BCUT2D eigenvalue weighted by atomic mass is 10.1. The molecule has 0 saturated heterocycles. The maximum absolute atomic E-state index is 12.0. The zero-order chi connectivity index (χ0) is 17.7.